The number of nitrogens with zero attached hydrogens (tertiary/aromatic N) is 1. The van der Waals surface area contributed by atoms with Gasteiger partial charge in [-0.2, -0.15) is 8.78 Å². The highest BCUT2D eigenvalue weighted by Crippen LogP contribution is 2.27. The molecule has 1 amide bonds. The first-order valence-corrected chi connectivity index (χ1v) is 8.48. The highest BCUT2D eigenvalue weighted by Gasteiger charge is 2.14. The van der Waals surface area contributed by atoms with E-state index in [1.807, 2.05) is 0 Å². The lowest BCUT2D eigenvalue weighted by Crippen LogP contribution is -2.22. The van der Waals surface area contributed by atoms with Crippen molar-refractivity contribution in [2.45, 2.75) is 24.5 Å². The molecule has 0 aliphatic heterocycles. The van der Waals surface area contributed by atoms with Crippen LogP contribution in [0.25, 0.3) is 0 Å². The van der Waals surface area contributed by atoms with Crippen LogP contribution in [0.3, 0.4) is 0 Å². The van der Waals surface area contributed by atoms with Crippen LogP contribution in [0, 0.1) is 24.0 Å². The molecule has 0 aliphatic carbocycles. The summed E-state index contributed by atoms with van der Waals surface area (Å²) in [5.41, 5.74) is 2.28. The van der Waals surface area contributed by atoms with Crippen LogP contribution in [0.1, 0.15) is 11.1 Å². The van der Waals surface area contributed by atoms with Crippen molar-refractivity contribution >= 4 is 34.7 Å². The third-order valence-electron chi connectivity index (χ3n) is 3.54. The number of halogens is 2. The van der Waals surface area contributed by atoms with E-state index in [1.54, 1.807) is 19.9 Å². The number of hydrogen-bond acceptors (Lipinski definition) is 5. The number of carbonyl (C=O) groups excluding carboxylic acids is 1. The number of carbonyl (C=O) groups is 1. The highest BCUT2D eigenvalue weighted by molar-refractivity contribution is 7.99. The number of aryl methyl sites for hydroxylation is 2. The van der Waals surface area contributed by atoms with E-state index in [4.69, 9.17) is 0 Å². The molecule has 138 valence electrons. The second-order valence-corrected chi connectivity index (χ2v) is 6.58. The number of thioether (sulfide) groups is 1. The van der Waals surface area contributed by atoms with Crippen LogP contribution >= 0.6 is 11.8 Å². The molecule has 0 bridgehead atoms. The standard InChI is InChI=1S/C17H17F2N3O3S/c1-10-7-11(2)15(22(24)25)8-14(10)20-9-16(23)21-12-3-5-13(6-4-12)26-17(18)19/h3-8,17,20H,9H2,1-2H3,(H,21,23). The first kappa shape index (κ1) is 19.6. The van der Waals surface area contributed by atoms with Crippen molar-refractivity contribution in [1.29, 1.82) is 0 Å². The SMILES string of the molecule is Cc1cc(C)c([N+](=O)[O-])cc1NCC(=O)Nc1ccc(SC(F)F)cc1. The van der Waals surface area contributed by atoms with Gasteiger partial charge in [-0.3, -0.25) is 14.9 Å². The molecule has 0 radical (unpaired) electrons. The lowest BCUT2D eigenvalue weighted by atomic mass is 10.1. The number of amides is 1. The van der Waals surface area contributed by atoms with E-state index in [1.165, 1.54) is 30.3 Å². The van der Waals surface area contributed by atoms with Gasteiger partial charge in [0.1, 0.15) is 0 Å². The fraction of sp³-hybridized carbons (Fsp3) is 0.235. The van der Waals surface area contributed by atoms with Gasteiger partial charge in [0.2, 0.25) is 5.91 Å². The number of anilines is 2. The summed E-state index contributed by atoms with van der Waals surface area (Å²) in [4.78, 5) is 22.9. The van der Waals surface area contributed by atoms with Gasteiger partial charge in [-0.15, -0.1) is 0 Å². The Balaban J connectivity index is 1.96. The van der Waals surface area contributed by atoms with E-state index in [-0.39, 0.29) is 18.1 Å². The van der Waals surface area contributed by atoms with Crippen molar-refractivity contribution in [2.24, 2.45) is 0 Å². The molecule has 2 rings (SSSR count). The quantitative estimate of drug-likeness (QED) is 0.417. The Morgan fingerprint density at radius 2 is 1.85 bits per heavy atom. The number of benzene rings is 2. The molecule has 9 heteroatoms. The van der Waals surface area contributed by atoms with Gasteiger partial charge < -0.3 is 10.6 Å². The Bertz CT molecular complexity index is 814. The minimum absolute atomic E-state index is 0.0226. The second-order valence-electron chi connectivity index (χ2n) is 5.52. The fourth-order valence-corrected chi connectivity index (χ4v) is 2.83. The maximum Gasteiger partial charge on any atom is 0.288 e. The average molecular weight is 381 g/mol. The molecular formula is C17H17F2N3O3S. The van der Waals surface area contributed by atoms with Crippen molar-refractivity contribution < 1.29 is 18.5 Å². The maximum absolute atomic E-state index is 12.3. The van der Waals surface area contributed by atoms with Gasteiger partial charge in [-0.1, -0.05) is 11.8 Å². The summed E-state index contributed by atoms with van der Waals surface area (Å²) in [5.74, 6) is -2.86. The average Bonchev–Trinajstić information content (AvgIpc) is 2.55. The molecule has 0 aromatic heterocycles. The summed E-state index contributed by atoms with van der Waals surface area (Å²) in [6, 6.07) is 9.13. The molecule has 0 saturated heterocycles. The zero-order chi connectivity index (χ0) is 19.3. The summed E-state index contributed by atoms with van der Waals surface area (Å²) in [6.07, 6.45) is 0. The molecule has 0 spiro atoms. The van der Waals surface area contributed by atoms with Crippen molar-refractivity contribution in [2.75, 3.05) is 17.2 Å². The third-order valence-corrected chi connectivity index (χ3v) is 4.26. The number of alkyl halides is 2. The second kappa shape index (κ2) is 8.61. The van der Waals surface area contributed by atoms with Crippen LogP contribution in [0.5, 0.6) is 0 Å². The molecule has 2 aromatic carbocycles. The highest BCUT2D eigenvalue weighted by atomic mass is 32.2. The first-order valence-electron chi connectivity index (χ1n) is 7.60. The van der Waals surface area contributed by atoms with Gasteiger partial charge in [0.25, 0.3) is 11.4 Å². The normalized spacial score (nSPS) is 10.7. The molecule has 0 fully saturated rings. The predicted molar refractivity (Wildman–Crippen MR) is 98.0 cm³/mol. The maximum atomic E-state index is 12.3. The van der Waals surface area contributed by atoms with E-state index < -0.39 is 10.7 Å². The van der Waals surface area contributed by atoms with E-state index in [9.17, 15) is 23.7 Å². The van der Waals surface area contributed by atoms with Gasteiger partial charge >= 0.3 is 0 Å². The largest absolute Gasteiger partial charge is 0.376 e. The molecule has 0 aliphatic rings. The Morgan fingerprint density at radius 1 is 1.19 bits per heavy atom. The molecule has 6 nitrogen and oxygen atoms in total. The molecule has 2 aromatic rings. The van der Waals surface area contributed by atoms with Gasteiger partial charge in [-0.05, 0) is 49.7 Å². The molecule has 0 heterocycles. The monoisotopic (exact) mass is 381 g/mol. The van der Waals surface area contributed by atoms with Crippen LogP contribution in [-0.4, -0.2) is 23.1 Å². The summed E-state index contributed by atoms with van der Waals surface area (Å²) >= 11 is 0.426. The van der Waals surface area contributed by atoms with Crippen LogP contribution in [0.4, 0.5) is 25.8 Å². The number of nitrogens with one attached hydrogen (secondary N) is 2. The van der Waals surface area contributed by atoms with Crippen molar-refractivity contribution in [1.82, 2.24) is 0 Å². The summed E-state index contributed by atoms with van der Waals surface area (Å²) in [7, 11) is 0. The van der Waals surface area contributed by atoms with E-state index in [0.29, 0.717) is 33.6 Å². The molecule has 0 unspecified atom stereocenters. The summed E-state index contributed by atoms with van der Waals surface area (Å²) < 4.78 is 24.5. The first-order chi connectivity index (χ1) is 12.3. The fourth-order valence-electron chi connectivity index (χ4n) is 2.33. The van der Waals surface area contributed by atoms with Crippen LogP contribution in [-0.2, 0) is 4.79 Å². The van der Waals surface area contributed by atoms with Crippen molar-refractivity contribution in [3.63, 3.8) is 0 Å². The Labute approximate surface area is 153 Å². The zero-order valence-electron chi connectivity index (χ0n) is 14.1. The van der Waals surface area contributed by atoms with Gasteiger partial charge in [0, 0.05) is 27.9 Å². The topological polar surface area (TPSA) is 84.3 Å². The Hall–Kier alpha value is -2.68. The van der Waals surface area contributed by atoms with E-state index in [2.05, 4.69) is 10.6 Å². The smallest absolute Gasteiger partial charge is 0.288 e. The lowest BCUT2D eigenvalue weighted by molar-refractivity contribution is -0.385. The third kappa shape index (κ3) is 5.41. The van der Waals surface area contributed by atoms with Crippen LogP contribution in [0.2, 0.25) is 0 Å². The van der Waals surface area contributed by atoms with Crippen LogP contribution in [0.15, 0.2) is 41.3 Å². The van der Waals surface area contributed by atoms with Crippen molar-refractivity contribution in [3.05, 3.63) is 57.6 Å². The van der Waals surface area contributed by atoms with Gasteiger partial charge in [-0.25, -0.2) is 0 Å². The van der Waals surface area contributed by atoms with E-state index in [0.717, 1.165) is 5.56 Å². The predicted octanol–water partition coefficient (Wildman–Crippen LogP) is 4.58. The van der Waals surface area contributed by atoms with Crippen LogP contribution < -0.4 is 10.6 Å². The van der Waals surface area contributed by atoms with Gasteiger partial charge in [0.05, 0.1) is 11.5 Å². The Morgan fingerprint density at radius 3 is 2.42 bits per heavy atom. The zero-order valence-corrected chi connectivity index (χ0v) is 14.9. The minimum Gasteiger partial charge on any atom is -0.376 e. The number of hydrogen-bond donors (Lipinski definition) is 2. The lowest BCUT2D eigenvalue weighted by Gasteiger charge is -2.11. The minimum atomic E-state index is -2.50. The summed E-state index contributed by atoms with van der Waals surface area (Å²) in [6.45, 7) is 3.35. The number of nitro groups is 1. The van der Waals surface area contributed by atoms with Gasteiger partial charge in [0.15, 0.2) is 0 Å². The molecule has 0 saturated carbocycles. The number of nitro benzene ring substituents is 1. The van der Waals surface area contributed by atoms with Crippen molar-refractivity contribution in [3.8, 4) is 0 Å². The molecule has 2 N–H and O–H groups in total. The summed E-state index contributed by atoms with van der Waals surface area (Å²) in [5, 5.41) is 16.5. The molecular weight excluding hydrogens is 364 g/mol. The molecule has 26 heavy (non-hydrogen) atoms. The number of rotatable bonds is 7. The molecule has 0 atom stereocenters. The Kier molecular flexibility index (Phi) is 6.51. The van der Waals surface area contributed by atoms with E-state index >= 15 is 0 Å².